The van der Waals surface area contributed by atoms with Gasteiger partial charge in [0, 0.05) is 6.54 Å². The monoisotopic (exact) mass is 254 g/mol. The van der Waals surface area contributed by atoms with Crippen LogP contribution in [-0.4, -0.2) is 38.3 Å². The molecule has 0 radical (unpaired) electrons. The fourth-order valence-electron chi connectivity index (χ4n) is 1.90. The Balaban J connectivity index is 2.07. The van der Waals surface area contributed by atoms with E-state index < -0.39 is 16.4 Å². The molecule has 0 atom stereocenters. The van der Waals surface area contributed by atoms with Crippen molar-refractivity contribution in [2.75, 3.05) is 6.54 Å². The van der Waals surface area contributed by atoms with Crippen molar-refractivity contribution in [3.8, 4) is 0 Å². The predicted octanol–water partition coefficient (Wildman–Crippen LogP) is 0.271. The standard InChI is InChI=1S/C10H14N4O4/c1-6-8(14(17)18)7(13-12-6)9(15)11-5-10(16)3-2-4-10/h16H,2-5H2,1H3,(H,11,15)(H,12,13). The number of hydrogen-bond donors (Lipinski definition) is 3. The Morgan fingerprint density at radius 2 is 2.33 bits per heavy atom. The number of carbonyl (C=O) groups is 1. The van der Waals surface area contributed by atoms with E-state index in [2.05, 4.69) is 15.5 Å². The topological polar surface area (TPSA) is 121 Å². The van der Waals surface area contributed by atoms with E-state index in [0.717, 1.165) is 6.42 Å². The number of H-pyrrole nitrogens is 1. The van der Waals surface area contributed by atoms with Crippen LogP contribution in [0, 0.1) is 17.0 Å². The van der Waals surface area contributed by atoms with E-state index in [4.69, 9.17) is 0 Å². The van der Waals surface area contributed by atoms with Crippen LogP contribution in [0.2, 0.25) is 0 Å². The van der Waals surface area contributed by atoms with Gasteiger partial charge in [0.25, 0.3) is 5.91 Å². The second-order valence-electron chi connectivity index (χ2n) is 4.56. The molecule has 0 bridgehead atoms. The quantitative estimate of drug-likeness (QED) is 0.526. The summed E-state index contributed by atoms with van der Waals surface area (Å²) in [5.74, 6) is -0.647. The number of carbonyl (C=O) groups excluding carboxylic acids is 1. The first-order chi connectivity index (χ1) is 8.43. The second-order valence-corrected chi connectivity index (χ2v) is 4.56. The van der Waals surface area contributed by atoms with Crippen molar-refractivity contribution in [1.82, 2.24) is 15.5 Å². The number of aliphatic hydroxyl groups is 1. The second kappa shape index (κ2) is 4.37. The summed E-state index contributed by atoms with van der Waals surface area (Å²) in [5.41, 5.74) is -1.21. The SMILES string of the molecule is Cc1[nH]nc(C(=O)NCC2(O)CCC2)c1[N+](=O)[O-]. The molecule has 1 aromatic heterocycles. The maximum atomic E-state index is 11.8. The van der Waals surface area contributed by atoms with Gasteiger partial charge >= 0.3 is 5.69 Å². The third-order valence-corrected chi connectivity index (χ3v) is 3.17. The lowest BCUT2D eigenvalue weighted by atomic mass is 9.80. The average Bonchev–Trinajstić information content (AvgIpc) is 2.65. The van der Waals surface area contributed by atoms with Gasteiger partial charge in [0.05, 0.1) is 10.5 Å². The maximum absolute atomic E-state index is 11.8. The minimum absolute atomic E-state index is 0.0922. The molecule has 1 aromatic rings. The molecule has 0 spiro atoms. The van der Waals surface area contributed by atoms with E-state index >= 15 is 0 Å². The van der Waals surface area contributed by atoms with Crippen molar-refractivity contribution in [2.24, 2.45) is 0 Å². The molecule has 1 saturated carbocycles. The summed E-state index contributed by atoms with van der Waals surface area (Å²) in [6.45, 7) is 1.57. The van der Waals surface area contributed by atoms with Crippen molar-refractivity contribution in [2.45, 2.75) is 31.8 Å². The highest BCUT2D eigenvalue weighted by Crippen LogP contribution is 2.30. The first-order valence-corrected chi connectivity index (χ1v) is 5.63. The van der Waals surface area contributed by atoms with E-state index in [9.17, 15) is 20.0 Å². The number of hydrogen-bond acceptors (Lipinski definition) is 5. The smallest absolute Gasteiger partial charge is 0.322 e. The summed E-state index contributed by atoms with van der Waals surface area (Å²) in [7, 11) is 0. The van der Waals surface area contributed by atoms with Crippen molar-refractivity contribution in [3.05, 3.63) is 21.5 Å². The molecule has 1 fully saturated rings. The minimum atomic E-state index is -0.865. The summed E-state index contributed by atoms with van der Waals surface area (Å²) < 4.78 is 0. The molecule has 1 aliphatic carbocycles. The molecule has 0 unspecified atom stereocenters. The Morgan fingerprint density at radius 3 is 2.83 bits per heavy atom. The Labute approximate surface area is 103 Å². The number of aromatic nitrogens is 2. The van der Waals surface area contributed by atoms with E-state index in [-0.39, 0.29) is 23.6 Å². The molecule has 0 saturated heterocycles. The molecular weight excluding hydrogens is 240 g/mol. The summed E-state index contributed by atoms with van der Waals surface area (Å²) in [5, 5.41) is 29.1. The summed E-state index contributed by atoms with van der Waals surface area (Å²) in [4.78, 5) is 21.9. The van der Waals surface area contributed by atoms with Gasteiger partial charge in [-0.15, -0.1) is 0 Å². The zero-order valence-electron chi connectivity index (χ0n) is 9.89. The van der Waals surface area contributed by atoms with E-state index in [0.29, 0.717) is 12.8 Å². The molecule has 3 N–H and O–H groups in total. The molecule has 1 aliphatic rings. The van der Waals surface area contributed by atoms with Gasteiger partial charge in [0.1, 0.15) is 5.69 Å². The third-order valence-electron chi connectivity index (χ3n) is 3.17. The number of nitro groups is 1. The Bertz CT molecular complexity index is 492. The average molecular weight is 254 g/mol. The summed E-state index contributed by atoms with van der Waals surface area (Å²) >= 11 is 0. The van der Waals surface area contributed by atoms with Crippen molar-refractivity contribution < 1.29 is 14.8 Å². The van der Waals surface area contributed by atoms with Gasteiger partial charge in [-0.1, -0.05) is 0 Å². The van der Waals surface area contributed by atoms with Crippen LogP contribution in [0.4, 0.5) is 5.69 Å². The van der Waals surface area contributed by atoms with Gasteiger partial charge in [-0.05, 0) is 26.2 Å². The van der Waals surface area contributed by atoms with Crippen molar-refractivity contribution in [3.63, 3.8) is 0 Å². The summed E-state index contributed by atoms with van der Waals surface area (Å²) in [6, 6.07) is 0. The highest BCUT2D eigenvalue weighted by Gasteiger charge is 2.35. The molecule has 18 heavy (non-hydrogen) atoms. The zero-order chi connectivity index (χ0) is 13.3. The van der Waals surface area contributed by atoms with Gasteiger partial charge in [0.15, 0.2) is 0 Å². The minimum Gasteiger partial charge on any atom is -0.388 e. The van der Waals surface area contributed by atoms with E-state index in [1.165, 1.54) is 6.92 Å². The molecule has 1 heterocycles. The number of rotatable bonds is 4. The molecule has 0 aromatic carbocycles. The molecule has 0 aliphatic heterocycles. The number of amides is 1. The van der Waals surface area contributed by atoms with Crippen LogP contribution in [0.3, 0.4) is 0 Å². The predicted molar refractivity (Wildman–Crippen MR) is 61.1 cm³/mol. The lowest BCUT2D eigenvalue weighted by Gasteiger charge is -2.36. The largest absolute Gasteiger partial charge is 0.388 e. The van der Waals surface area contributed by atoms with E-state index in [1.54, 1.807) is 0 Å². The van der Waals surface area contributed by atoms with Gasteiger partial charge in [-0.25, -0.2) is 0 Å². The number of aryl methyl sites for hydroxylation is 1. The van der Waals surface area contributed by atoms with Crippen LogP contribution in [0.25, 0.3) is 0 Å². The van der Waals surface area contributed by atoms with Gasteiger partial charge in [0.2, 0.25) is 5.69 Å². The van der Waals surface area contributed by atoms with Crippen molar-refractivity contribution >= 4 is 11.6 Å². The maximum Gasteiger partial charge on any atom is 0.322 e. The Morgan fingerprint density at radius 1 is 1.67 bits per heavy atom. The molecule has 2 rings (SSSR count). The van der Waals surface area contributed by atoms with Crippen LogP contribution in [-0.2, 0) is 0 Å². The van der Waals surface area contributed by atoms with Crippen LogP contribution in [0.1, 0.15) is 35.4 Å². The number of nitrogens with one attached hydrogen (secondary N) is 2. The fraction of sp³-hybridized carbons (Fsp3) is 0.600. The number of nitrogens with zero attached hydrogens (tertiary/aromatic N) is 2. The molecule has 98 valence electrons. The molecule has 8 nitrogen and oxygen atoms in total. The molecule has 1 amide bonds. The first kappa shape index (κ1) is 12.5. The lowest BCUT2D eigenvalue weighted by molar-refractivity contribution is -0.385. The van der Waals surface area contributed by atoms with E-state index in [1.807, 2.05) is 0 Å². The van der Waals surface area contributed by atoms with Gasteiger partial charge in [-0.2, -0.15) is 5.10 Å². The van der Waals surface area contributed by atoms with Gasteiger partial charge in [-0.3, -0.25) is 20.0 Å². The van der Waals surface area contributed by atoms with Crippen LogP contribution < -0.4 is 5.32 Å². The molecule has 8 heteroatoms. The highest BCUT2D eigenvalue weighted by atomic mass is 16.6. The normalized spacial score (nSPS) is 17.0. The zero-order valence-corrected chi connectivity index (χ0v) is 9.89. The lowest BCUT2D eigenvalue weighted by Crippen LogP contribution is -2.47. The third kappa shape index (κ3) is 2.19. The summed E-state index contributed by atoms with van der Waals surface area (Å²) in [6.07, 6.45) is 2.19. The van der Waals surface area contributed by atoms with Gasteiger partial charge < -0.3 is 10.4 Å². The number of aromatic amines is 1. The van der Waals surface area contributed by atoms with Crippen molar-refractivity contribution in [1.29, 1.82) is 0 Å². The van der Waals surface area contributed by atoms with Crippen LogP contribution >= 0.6 is 0 Å². The van der Waals surface area contributed by atoms with Crippen LogP contribution in [0.15, 0.2) is 0 Å². The first-order valence-electron chi connectivity index (χ1n) is 5.63. The Kier molecular flexibility index (Phi) is 3.04. The highest BCUT2D eigenvalue weighted by molar-refractivity contribution is 5.96. The van der Waals surface area contributed by atoms with Crippen LogP contribution in [0.5, 0.6) is 0 Å². The fourth-order valence-corrected chi connectivity index (χ4v) is 1.90. The molecular formula is C10H14N4O4. The Hall–Kier alpha value is -1.96.